The molecule has 84 valence electrons. The minimum atomic E-state index is -0.0189. The lowest BCUT2D eigenvalue weighted by Crippen LogP contribution is -2.06. The van der Waals surface area contributed by atoms with Crippen LogP contribution in [0.25, 0.3) is 21.3 Å². The van der Waals surface area contributed by atoms with Gasteiger partial charge >= 0.3 is 0 Å². The monoisotopic (exact) mass is 241 g/mol. The highest BCUT2D eigenvalue weighted by Gasteiger charge is 2.04. The van der Waals surface area contributed by atoms with E-state index in [2.05, 4.69) is 4.98 Å². The zero-order chi connectivity index (χ0) is 11.8. The summed E-state index contributed by atoms with van der Waals surface area (Å²) in [4.78, 5) is 16.0. The number of benzene rings is 1. The molecular formula is C14H11NOS. The van der Waals surface area contributed by atoms with Crippen molar-refractivity contribution in [1.29, 1.82) is 0 Å². The van der Waals surface area contributed by atoms with Crippen LogP contribution in [0.1, 0.15) is 5.56 Å². The Kier molecular flexibility index (Phi) is 2.34. The van der Waals surface area contributed by atoms with Crippen LogP contribution in [0.4, 0.5) is 0 Å². The van der Waals surface area contributed by atoms with Crippen LogP contribution in [0.5, 0.6) is 0 Å². The highest BCUT2D eigenvalue weighted by atomic mass is 32.1. The number of aryl methyl sites for hydroxylation is 1. The zero-order valence-electron chi connectivity index (χ0n) is 9.36. The Balaban J connectivity index is 2.32. The molecule has 1 aromatic carbocycles. The summed E-state index contributed by atoms with van der Waals surface area (Å²) >= 11 is 1.63. The molecular weight excluding hydrogens is 230 g/mol. The number of thiophene rings is 1. The molecule has 0 spiro atoms. The molecule has 0 atom stereocenters. The quantitative estimate of drug-likeness (QED) is 0.694. The minimum Gasteiger partial charge on any atom is -0.321 e. The van der Waals surface area contributed by atoms with Gasteiger partial charge < -0.3 is 4.98 Å². The fourth-order valence-corrected chi connectivity index (χ4v) is 2.64. The van der Waals surface area contributed by atoms with Gasteiger partial charge in [0, 0.05) is 5.39 Å². The van der Waals surface area contributed by atoms with Gasteiger partial charge in [0.05, 0.1) is 10.6 Å². The second-order valence-electron chi connectivity index (χ2n) is 4.08. The van der Waals surface area contributed by atoms with E-state index in [1.165, 1.54) is 0 Å². The second-order valence-corrected chi connectivity index (χ2v) is 5.03. The Morgan fingerprint density at radius 2 is 2.06 bits per heavy atom. The Labute approximate surface area is 103 Å². The van der Waals surface area contributed by atoms with E-state index >= 15 is 0 Å². The van der Waals surface area contributed by atoms with Crippen molar-refractivity contribution in [3.63, 3.8) is 0 Å². The SMILES string of the molecule is Cc1ccc2cc(-c3cccs3)[nH]c(=O)c2c1. The average molecular weight is 241 g/mol. The molecule has 2 heterocycles. The van der Waals surface area contributed by atoms with Crippen LogP contribution in [-0.4, -0.2) is 4.98 Å². The first kappa shape index (κ1) is 10.3. The lowest BCUT2D eigenvalue weighted by atomic mass is 10.1. The number of H-pyrrole nitrogens is 1. The molecule has 0 bridgehead atoms. The van der Waals surface area contributed by atoms with Crippen molar-refractivity contribution in [3.8, 4) is 10.6 Å². The van der Waals surface area contributed by atoms with Crippen molar-refractivity contribution in [2.75, 3.05) is 0 Å². The third-order valence-electron chi connectivity index (χ3n) is 2.79. The third-order valence-corrected chi connectivity index (χ3v) is 3.69. The summed E-state index contributed by atoms with van der Waals surface area (Å²) in [6, 6.07) is 12.0. The summed E-state index contributed by atoms with van der Waals surface area (Å²) < 4.78 is 0. The molecule has 0 fully saturated rings. The molecule has 0 unspecified atom stereocenters. The molecule has 0 aliphatic carbocycles. The van der Waals surface area contributed by atoms with E-state index in [9.17, 15) is 4.79 Å². The summed E-state index contributed by atoms with van der Waals surface area (Å²) in [5, 5.41) is 3.75. The molecule has 0 aliphatic heterocycles. The Hall–Kier alpha value is -1.87. The molecule has 0 amide bonds. The van der Waals surface area contributed by atoms with Gasteiger partial charge in [0.25, 0.3) is 5.56 Å². The number of hydrogen-bond acceptors (Lipinski definition) is 2. The first-order valence-corrected chi connectivity index (χ1v) is 6.29. The third kappa shape index (κ3) is 1.78. The van der Waals surface area contributed by atoms with E-state index in [1.54, 1.807) is 11.3 Å². The van der Waals surface area contributed by atoms with Crippen LogP contribution in [-0.2, 0) is 0 Å². The smallest absolute Gasteiger partial charge is 0.256 e. The van der Waals surface area contributed by atoms with E-state index < -0.39 is 0 Å². The molecule has 3 aromatic rings. The lowest BCUT2D eigenvalue weighted by Gasteiger charge is -2.02. The number of nitrogens with one attached hydrogen (secondary N) is 1. The predicted octanol–water partition coefficient (Wildman–Crippen LogP) is 3.57. The molecule has 17 heavy (non-hydrogen) atoms. The standard InChI is InChI=1S/C14H11NOS/c1-9-4-5-10-8-12(13-3-2-6-17-13)15-14(16)11(10)7-9/h2-8H,1H3,(H,15,16). The van der Waals surface area contributed by atoms with Gasteiger partial charge in [-0.15, -0.1) is 11.3 Å². The van der Waals surface area contributed by atoms with Crippen molar-refractivity contribution in [2.24, 2.45) is 0 Å². The largest absolute Gasteiger partial charge is 0.321 e. The number of rotatable bonds is 1. The zero-order valence-corrected chi connectivity index (χ0v) is 10.2. The summed E-state index contributed by atoms with van der Waals surface area (Å²) in [7, 11) is 0. The lowest BCUT2D eigenvalue weighted by molar-refractivity contribution is 1.28. The van der Waals surface area contributed by atoms with E-state index in [4.69, 9.17) is 0 Å². The van der Waals surface area contributed by atoms with Crippen LogP contribution in [0.2, 0.25) is 0 Å². The van der Waals surface area contributed by atoms with Crippen LogP contribution < -0.4 is 5.56 Å². The molecule has 0 aliphatic rings. The van der Waals surface area contributed by atoms with Crippen LogP contribution >= 0.6 is 11.3 Å². The first-order valence-electron chi connectivity index (χ1n) is 5.41. The maximum atomic E-state index is 12.0. The van der Waals surface area contributed by atoms with Crippen LogP contribution in [0.15, 0.2) is 46.6 Å². The second kappa shape index (κ2) is 3.86. The van der Waals surface area contributed by atoms with Gasteiger partial charge in [-0.05, 0) is 35.9 Å². The average Bonchev–Trinajstić information content (AvgIpc) is 2.83. The number of pyridine rings is 1. The number of fused-ring (bicyclic) bond motifs is 1. The summed E-state index contributed by atoms with van der Waals surface area (Å²) in [5.74, 6) is 0. The predicted molar refractivity (Wildman–Crippen MR) is 72.6 cm³/mol. The highest BCUT2D eigenvalue weighted by Crippen LogP contribution is 2.24. The van der Waals surface area contributed by atoms with Crippen molar-refractivity contribution in [3.05, 3.63) is 57.7 Å². The Bertz CT molecular complexity index is 726. The Morgan fingerprint density at radius 1 is 1.18 bits per heavy atom. The van der Waals surface area contributed by atoms with Gasteiger partial charge in [-0.25, -0.2) is 0 Å². The van der Waals surface area contributed by atoms with E-state index in [0.29, 0.717) is 0 Å². The molecule has 0 radical (unpaired) electrons. The molecule has 3 heteroatoms. The highest BCUT2D eigenvalue weighted by molar-refractivity contribution is 7.13. The number of hydrogen-bond donors (Lipinski definition) is 1. The van der Waals surface area contributed by atoms with Gasteiger partial charge in [-0.3, -0.25) is 4.79 Å². The van der Waals surface area contributed by atoms with Gasteiger partial charge in [0.15, 0.2) is 0 Å². The van der Waals surface area contributed by atoms with Gasteiger partial charge in [-0.1, -0.05) is 23.8 Å². The first-order chi connectivity index (χ1) is 8.24. The molecule has 0 saturated carbocycles. The summed E-state index contributed by atoms with van der Waals surface area (Å²) in [6.45, 7) is 1.99. The molecule has 1 N–H and O–H groups in total. The van der Waals surface area contributed by atoms with Crippen molar-refractivity contribution in [2.45, 2.75) is 6.92 Å². The number of aromatic nitrogens is 1. The normalized spacial score (nSPS) is 10.9. The van der Waals surface area contributed by atoms with Crippen molar-refractivity contribution in [1.82, 2.24) is 4.98 Å². The van der Waals surface area contributed by atoms with Crippen LogP contribution in [0, 0.1) is 6.92 Å². The Morgan fingerprint density at radius 3 is 2.82 bits per heavy atom. The van der Waals surface area contributed by atoms with E-state index in [1.807, 2.05) is 48.7 Å². The minimum absolute atomic E-state index is 0.0189. The van der Waals surface area contributed by atoms with Gasteiger partial charge in [0.1, 0.15) is 0 Å². The molecule has 2 nitrogen and oxygen atoms in total. The van der Waals surface area contributed by atoms with Crippen molar-refractivity contribution < 1.29 is 0 Å². The van der Waals surface area contributed by atoms with Gasteiger partial charge in [0.2, 0.25) is 0 Å². The van der Waals surface area contributed by atoms with Gasteiger partial charge in [-0.2, -0.15) is 0 Å². The molecule has 0 saturated heterocycles. The number of aromatic amines is 1. The topological polar surface area (TPSA) is 32.9 Å². The molecule has 3 rings (SSSR count). The summed E-state index contributed by atoms with van der Waals surface area (Å²) in [5.41, 5.74) is 1.97. The molecule has 2 aromatic heterocycles. The van der Waals surface area contributed by atoms with E-state index in [0.717, 1.165) is 26.9 Å². The maximum Gasteiger partial charge on any atom is 0.256 e. The fourth-order valence-electron chi connectivity index (χ4n) is 1.94. The van der Waals surface area contributed by atoms with Crippen LogP contribution in [0.3, 0.4) is 0 Å². The maximum absolute atomic E-state index is 12.0. The van der Waals surface area contributed by atoms with Crippen molar-refractivity contribution >= 4 is 22.1 Å². The van der Waals surface area contributed by atoms with E-state index in [-0.39, 0.29) is 5.56 Å². The summed E-state index contributed by atoms with van der Waals surface area (Å²) in [6.07, 6.45) is 0. The fraction of sp³-hybridized carbons (Fsp3) is 0.0714.